The highest BCUT2D eigenvalue weighted by molar-refractivity contribution is 5.86. The van der Waals surface area contributed by atoms with Crippen LogP contribution in [0.15, 0.2) is 96.3 Å². The topological polar surface area (TPSA) is 231 Å². The van der Waals surface area contributed by atoms with Crippen LogP contribution in [0.25, 0.3) is 0 Å². The molecular weight excluding hydrogens is 784 g/mol. The van der Waals surface area contributed by atoms with E-state index in [-0.39, 0.29) is 77.5 Å². The van der Waals surface area contributed by atoms with Crippen molar-refractivity contribution >= 4 is 30.2 Å². The van der Waals surface area contributed by atoms with E-state index in [4.69, 9.17) is 38.3 Å². The first-order valence-corrected chi connectivity index (χ1v) is 19.3. The Kier molecular flexibility index (Phi) is 20.7. The lowest BCUT2D eigenvalue weighted by atomic mass is 9.69. The highest BCUT2D eigenvalue weighted by Crippen LogP contribution is 2.42. The minimum atomic E-state index is -1.17. The maximum Gasteiger partial charge on any atom is 0.333 e. The Labute approximate surface area is 348 Å². The molecule has 3 rings (SSSR count). The summed E-state index contributed by atoms with van der Waals surface area (Å²) in [7, 11) is 0. The second-order valence-corrected chi connectivity index (χ2v) is 13.8. The van der Waals surface area contributed by atoms with Gasteiger partial charge in [0, 0.05) is 17.4 Å². The molecule has 4 atom stereocenters. The Morgan fingerprint density at radius 2 is 1.20 bits per heavy atom. The molecule has 0 aliphatic heterocycles. The number of hydrogen-bond acceptors (Lipinski definition) is 16. The van der Waals surface area contributed by atoms with Gasteiger partial charge in [0.15, 0.2) is 0 Å². The summed E-state index contributed by atoms with van der Waals surface area (Å²) in [5.41, 5.74) is 2.22. The van der Waals surface area contributed by atoms with Crippen molar-refractivity contribution in [3.63, 3.8) is 0 Å². The molecule has 0 saturated carbocycles. The molecule has 0 aromatic heterocycles. The SMILES string of the molecule is C=C(C)C(=O)OCCOC(=O)CCC(=O)OCC(O)COC1=CC=C(C(C)(c2ccc(OCC(O)CO)cc2)c2ccc(OCC(O)COC(=O)CCC=O)cc2)CC=C1. The maximum absolute atomic E-state index is 12.1. The second-order valence-electron chi connectivity index (χ2n) is 13.8. The number of benzene rings is 2. The van der Waals surface area contributed by atoms with Crippen LogP contribution in [0.4, 0.5) is 0 Å². The number of aliphatic hydroxyl groups excluding tert-OH is 4. The van der Waals surface area contributed by atoms with E-state index in [0.29, 0.717) is 30.0 Å². The molecule has 0 saturated heterocycles. The Hall–Kier alpha value is -5.81. The number of aldehydes is 1. The fourth-order valence-electron chi connectivity index (χ4n) is 5.50. The van der Waals surface area contributed by atoms with E-state index < -0.39 is 54.2 Å². The summed E-state index contributed by atoms with van der Waals surface area (Å²) in [6.45, 7) is 5.18. The fourth-order valence-corrected chi connectivity index (χ4v) is 5.50. The molecule has 2 aromatic rings. The molecular formula is C44H54O16. The average molecular weight is 839 g/mol. The van der Waals surface area contributed by atoms with E-state index in [1.807, 2.05) is 36.4 Å². The number of rotatable bonds is 27. The lowest BCUT2D eigenvalue weighted by Crippen LogP contribution is -2.27. The minimum Gasteiger partial charge on any atom is -0.491 e. The van der Waals surface area contributed by atoms with Gasteiger partial charge in [0.2, 0.25) is 0 Å². The average Bonchev–Trinajstić information content (AvgIpc) is 3.51. The van der Waals surface area contributed by atoms with Crippen molar-refractivity contribution in [3.05, 3.63) is 107 Å². The predicted molar refractivity (Wildman–Crippen MR) is 214 cm³/mol. The van der Waals surface area contributed by atoms with Crippen LogP contribution < -0.4 is 9.47 Å². The number of esters is 4. The third-order valence-electron chi connectivity index (χ3n) is 8.91. The Morgan fingerprint density at radius 3 is 1.73 bits per heavy atom. The molecule has 0 amide bonds. The van der Waals surface area contributed by atoms with Gasteiger partial charge in [-0.1, -0.05) is 48.6 Å². The molecule has 1 aliphatic carbocycles. The van der Waals surface area contributed by atoms with Crippen LogP contribution in [-0.2, 0) is 53.1 Å². The van der Waals surface area contributed by atoms with Gasteiger partial charge < -0.3 is 58.4 Å². The molecule has 2 aromatic carbocycles. The first-order chi connectivity index (χ1) is 28.7. The first kappa shape index (κ1) is 48.6. The van der Waals surface area contributed by atoms with Gasteiger partial charge in [0.25, 0.3) is 0 Å². The fraction of sp³-hybridized carbons (Fsp3) is 0.432. The van der Waals surface area contributed by atoms with Crippen molar-refractivity contribution in [2.75, 3.05) is 52.9 Å². The number of hydrogen-bond donors (Lipinski definition) is 4. The summed E-state index contributed by atoms with van der Waals surface area (Å²) in [6.07, 6.45) is 4.64. The first-order valence-electron chi connectivity index (χ1n) is 19.3. The summed E-state index contributed by atoms with van der Waals surface area (Å²) in [6, 6.07) is 14.7. The van der Waals surface area contributed by atoms with Crippen LogP contribution in [0.2, 0.25) is 0 Å². The zero-order chi connectivity index (χ0) is 43.9. The van der Waals surface area contributed by atoms with Crippen molar-refractivity contribution in [2.24, 2.45) is 0 Å². The zero-order valence-electron chi connectivity index (χ0n) is 33.8. The molecule has 1 aliphatic rings. The van der Waals surface area contributed by atoms with Gasteiger partial charge in [-0.05, 0) is 67.8 Å². The molecule has 4 unspecified atom stereocenters. The highest BCUT2D eigenvalue weighted by Gasteiger charge is 2.33. The van der Waals surface area contributed by atoms with Crippen LogP contribution in [0, 0.1) is 0 Å². The van der Waals surface area contributed by atoms with Crippen LogP contribution in [0.3, 0.4) is 0 Å². The maximum atomic E-state index is 12.1. The molecule has 4 N–H and O–H groups in total. The Balaban J connectivity index is 1.64. The molecule has 0 heterocycles. The smallest absolute Gasteiger partial charge is 0.333 e. The van der Waals surface area contributed by atoms with E-state index >= 15 is 0 Å². The van der Waals surface area contributed by atoms with Crippen molar-refractivity contribution in [3.8, 4) is 11.5 Å². The largest absolute Gasteiger partial charge is 0.491 e. The van der Waals surface area contributed by atoms with Crippen molar-refractivity contribution in [1.82, 2.24) is 0 Å². The van der Waals surface area contributed by atoms with Crippen LogP contribution in [0.5, 0.6) is 11.5 Å². The molecule has 0 radical (unpaired) electrons. The third-order valence-corrected chi connectivity index (χ3v) is 8.91. The summed E-state index contributed by atoms with van der Waals surface area (Å²) in [5.74, 6) is -1.18. The number of ether oxygens (including phenoxy) is 7. The van der Waals surface area contributed by atoms with Crippen molar-refractivity contribution in [2.45, 2.75) is 69.7 Å². The molecule has 60 heavy (non-hydrogen) atoms. The predicted octanol–water partition coefficient (Wildman–Crippen LogP) is 3.12. The van der Waals surface area contributed by atoms with Gasteiger partial charge in [-0.25, -0.2) is 4.79 Å². The summed E-state index contributed by atoms with van der Waals surface area (Å²) in [4.78, 5) is 57.5. The van der Waals surface area contributed by atoms with E-state index in [9.17, 15) is 39.3 Å². The van der Waals surface area contributed by atoms with Gasteiger partial charge in [-0.2, -0.15) is 0 Å². The van der Waals surface area contributed by atoms with Gasteiger partial charge in [-0.3, -0.25) is 14.4 Å². The zero-order valence-corrected chi connectivity index (χ0v) is 33.8. The third kappa shape index (κ3) is 16.8. The van der Waals surface area contributed by atoms with Crippen molar-refractivity contribution in [1.29, 1.82) is 0 Å². The highest BCUT2D eigenvalue weighted by atomic mass is 16.6. The summed E-state index contributed by atoms with van der Waals surface area (Å²) >= 11 is 0. The Bertz CT molecular complexity index is 1810. The number of carbonyl (C=O) groups excluding carboxylic acids is 5. The van der Waals surface area contributed by atoms with E-state index in [2.05, 4.69) is 13.5 Å². The monoisotopic (exact) mass is 838 g/mol. The molecule has 0 fully saturated rings. The lowest BCUT2D eigenvalue weighted by Gasteiger charge is -2.34. The number of aliphatic hydroxyl groups is 4. The van der Waals surface area contributed by atoms with E-state index in [1.165, 1.54) is 6.92 Å². The molecule has 0 bridgehead atoms. The van der Waals surface area contributed by atoms with E-state index in [1.54, 1.807) is 36.4 Å². The number of carbonyl (C=O) groups is 5. The van der Waals surface area contributed by atoms with Crippen molar-refractivity contribution < 1.29 is 77.6 Å². The lowest BCUT2D eigenvalue weighted by molar-refractivity contribution is -0.154. The van der Waals surface area contributed by atoms with Gasteiger partial charge >= 0.3 is 23.9 Å². The number of allylic oxidation sites excluding steroid dienone is 5. The van der Waals surface area contributed by atoms with Gasteiger partial charge in [0.1, 0.15) is 88.1 Å². The Morgan fingerprint density at radius 1 is 0.700 bits per heavy atom. The standard InChI is InChI=1S/C44H54O16/c1-30(2)43(53)55-23-22-54-41(51)19-20-42(52)60-29-35(48)26-57-37-7-4-6-31(9-14-37)44(3,32-10-15-38(16-11-32)56-25-34(47)24-46)33-12-17-39(18-13-33)58-27-36(49)28-59-40(50)8-5-21-45/h4,7,9-18,21,34-36,46-49H,1,5-6,8,19-20,22-29H2,2-3H3. The molecule has 0 spiro atoms. The van der Waals surface area contributed by atoms with Gasteiger partial charge in [-0.15, -0.1) is 0 Å². The second kappa shape index (κ2) is 25.6. The van der Waals surface area contributed by atoms with Crippen LogP contribution in [-0.4, -0.2) is 122 Å². The molecule has 16 nitrogen and oxygen atoms in total. The summed E-state index contributed by atoms with van der Waals surface area (Å²) in [5, 5.41) is 39.6. The molecule has 326 valence electrons. The van der Waals surface area contributed by atoms with Gasteiger partial charge in [0.05, 0.1) is 25.9 Å². The minimum absolute atomic E-state index is 0.0410. The normalized spacial score (nSPS) is 14.7. The quantitative estimate of drug-likeness (QED) is 0.0333. The molecule has 16 heteroatoms. The summed E-state index contributed by atoms with van der Waals surface area (Å²) < 4.78 is 37.0. The van der Waals surface area contributed by atoms with Crippen LogP contribution >= 0.6 is 0 Å². The van der Waals surface area contributed by atoms with Crippen LogP contribution in [0.1, 0.15) is 57.1 Å². The van der Waals surface area contributed by atoms with E-state index in [0.717, 1.165) is 16.7 Å².